The van der Waals surface area contributed by atoms with Gasteiger partial charge in [0.25, 0.3) is 0 Å². The summed E-state index contributed by atoms with van der Waals surface area (Å²) in [4.78, 5) is 2.13. The van der Waals surface area contributed by atoms with Crippen molar-refractivity contribution in [1.82, 2.24) is 5.32 Å². The molecule has 2 unspecified atom stereocenters. The van der Waals surface area contributed by atoms with Gasteiger partial charge in [0.15, 0.2) is 0 Å². The van der Waals surface area contributed by atoms with E-state index in [9.17, 15) is 8.78 Å². The summed E-state index contributed by atoms with van der Waals surface area (Å²) in [6, 6.07) is 3.70. The Bertz CT molecular complexity index is 495. The maximum atomic E-state index is 14.2. The topological polar surface area (TPSA) is 15.3 Å². The van der Waals surface area contributed by atoms with Gasteiger partial charge in [-0.15, -0.1) is 0 Å². The van der Waals surface area contributed by atoms with Crippen LogP contribution in [0.3, 0.4) is 0 Å². The molecule has 2 bridgehead atoms. The number of fused-ring (bicyclic) bond motifs is 2. The molecule has 5 heteroatoms. The zero-order valence-electron chi connectivity index (χ0n) is 11.5. The Morgan fingerprint density at radius 1 is 1.15 bits per heavy atom. The molecular weight excluding hydrogens is 326 g/mol. The Labute approximate surface area is 126 Å². The van der Waals surface area contributed by atoms with Gasteiger partial charge in [-0.2, -0.15) is 0 Å². The van der Waals surface area contributed by atoms with Gasteiger partial charge in [-0.25, -0.2) is 8.78 Å². The molecule has 2 fully saturated rings. The molecule has 3 rings (SSSR count). The fourth-order valence-corrected chi connectivity index (χ4v) is 4.04. The molecule has 0 radical (unpaired) electrons. The van der Waals surface area contributed by atoms with Crippen molar-refractivity contribution < 1.29 is 8.78 Å². The lowest BCUT2D eigenvalue weighted by Gasteiger charge is -2.50. The largest absolute Gasteiger partial charge is 0.363 e. The van der Waals surface area contributed by atoms with Gasteiger partial charge in [-0.3, -0.25) is 0 Å². The van der Waals surface area contributed by atoms with Gasteiger partial charge in [0.05, 0.1) is 10.2 Å². The van der Waals surface area contributed by atoms with Crippen molar-refractivity contribution in [2.24, 2.45) is 0 Å². The summed E-state index contributed by atoms with van der Waals surface area (Å²) in [7, 11) is 1.98. The predicted molar refractivity (Wildman–Crippen MR) is 80.0 cm³/mol. The standard InChI is InChI=1S/C15H19BrF2N2/c1-19-9-5-10-3-2-4-11(6-9)20(10)15-8-13(17)12(16)7-14(15)18/h7-11,19H,2-6H2,1H3. The number of halogens is 3. The molecule has 0 amide bonds. The van der Waals surface area contributed by atoms with E-state index in [0.29, 0.717) is 23.8 Å². The van der Waals surface area contributed by atoms with Crippen molar-refractivity contribution in [2.75, 3.05) is 11.9 Å². The van der Waals surface area contributed by atoms with E-state index in [4.69, 9.17) is 0 Å². The summed E-state index contributed by atoms with van der Waals surface area (Å²) < 4.78 is 28.2. The SMILES string of the molecule is CNC1CC2CCCC(C1)N2c1cc(F)c(Br)cc1F. The Morgan fingerprint density at radius 2 is 1.80 bits per heavy atom. The lowest BCUT2D eigenvalue weighted by Crippen LogP contribution is -2.56. The van der Waals surface area contributed by atoms with E-state index in [1.165, 1.54) is 18.6 Å². The van der Waals surface area contributed by atoms with Crippen LogP contribution < -0.4 is 10.2 Å². The first-order valence-electron chi connectivity index (χ1n) is 7.20. The van der Waals surface area contributed by atoms with E-state index in [1.54, 1.807) is 0 Å². The van der Waals surface area contributed by atoms with Gasteiger partial charge in [0.2, 0.25) is 0 Å². The van der Waals surface area contributed by atoms with Gasteiger partial charge < -0.3 is 10.2 Å². The number of anilines is 1. The van der Waals surface area contributed by atoms with Gasteiger partial charge in [-0.1, -0.05) is 0 Å². The molecular formula is C15H19BrF2N2. The molecule has 2 nitrogen and oxygen atoms in total. The van der Waals surface area contributed by atoms with Crippen molar-refractivity contribution in [1.29, 1.82) is 0 Å². The van der Waals surface area contributed by atoms with Crippen LogP contribution in [0.2, 0.25) is 0 Å². The molecule has 0 aromatic heterocycles. The molecule has 1 aromatic rings. The summed E-state index contributed by atoms with van der Waals surface area (Å²) in [6.45, 7) is 0. The number of hydrogen-bond acceptors (Lipinski definition) is 2. The fraction of sp³-hybridized carbons (Fsp3) is 0.600. The molecule has 110 valence electrons. The van der Waals surface area contributed by atoms with Crippen LogP contribution in [0.1, 0.15) is 32.1 Å². The van der Waals surface area contributed by atoms with Crippen molar-refractivity contribution >= 4 is 21.6 Å². The molecule has 2 saturated heterocycles. The van der Waals surface area contributed by atoms with Crippen LogP contribution in [0.4, 0.5) is 14.5 Å². The Kier molecular flexibility index (Phi) is 4.00. The summed E-state index contributed by atoms with van der Waals surface area (Å²) in [6.07, 6.45) is 5.31. The summed E-state index contributed by atoms with van der Waals surface area (Å²) in [5.74, 6) is -0.728. The van der Waals surface area contributed by atoms with E-state index >= 15 is 0 Å². The van der Waals surface area contributed by atoms with Crippen LogP contribution >= 0.6 is 15.9 Å². The molecule has 0 saturated carbocycles. The van der Waals surface area contributed by atoms with E-state index in [2.05, 4.69) is 26.1 Å². The third-order valence-electron chi connectivity index (χ3n) is 4.65. The molecule has 2 atom stereocenters. The number of rotatable bonds is 2. The lowest BCUT2D eigenvalue weighted by atomic mass is 9.81. The number of hydrogen-bond donors (Lipinski definition) is 1. The fourth-order valence-electron chi connectivity index (χ4n) is 3.72. The van der Waals surface area contributed by atoms with Crippen LogP contribution in [0, 0.1) is 11.6 Å². The molecule has 2 aliphatic rings. The third kappa shape index (κ3) is 2.46. The molecule has 2 heterocycles. The van der Waals surface area contributed by atoms with Crippen molar-refractivity contribution in [2.45, 2.75) is 50.2 Å². The molecule has 20 heavy (non-hydrogen) atoms. The number of nitrogens with one attached hydrogen (secondary N) is 1. The first-order chi connectivity index (χ1) is 9.60. The minimum atomic E-state index is -0.393. The van der Waals surface area contributed by atoms with E-state index < -0.39 is 5.82 Å². The van der Waals surface area contributed by atoms with Crippen LogP contribution in [0.5, 0.6) is 0 Å². The average Bonchev–Trinajstić information content (AvgIpc) is 2.41. The molecule has 0 spiro atoms. The summed E-state index contributed by atoms with van der Waals surface area (Å²) >= 11 is 3.04. The third-order valence-corrected chi connectivity index (χ3v) is 5.26. The number of benzene rings is 1. The van der Waals surface area contributed by atoms with E-state index in [0.717, 1.165) is 25.7 Å². The number of nitrogens with zero attached hydrogens (tertiary/aromatic N) is 1. The molecule has 2 aliphatic heterocycles. The smallest absolute Gasteiger partial charge is 0.147 e. The Hall–Kier alpha value is -0.680. The maximum Gasteiger partial charge on any atom is 0.147 e. The molecule has 0 aliphatic carbocycles. The second kappa shape index (κ2) is 5.60. The van der Waals surface area contributed by atoms with Crippen LogP contribution in [0.15, 0.2) is 16.6 Å². The zero-order chi connectivity index (χ0) is 14.3. The summed E-state index contributed by atoms with van der Waals surface area (Å²) in [5.41, 5.74) is 0.426. The van der Waals surface area contributed by atoms with Crippen molar-refractivity contribution in [3.63, 3.8) is 0 Å². The predicted octanol–water partition coefficient (Wildman–Crippen LogP) is 3.84. The average molecular weight is 345 g/mol. The zero-order valence-corrected chi connectivity index (χ0v) is 13.1. The first kappa shape index (κ1) is 14.3. The highest BCUT2D eigenvalue weighted by Crippen LogP contribution is 2.39. The van der Waals surface area contributed by atoms with Gasteiger partial charge in [-0.05, 0) is 61.1 Å². The van der Waals surface area contributed by atoms with Gasteiger partial charge >= 0.3 is 0 Å². The second-order valence-electron chi connectivity index (χ2n) is 5.82. The first-order valence-corrected chi connectivity index (χ1v) is 7.99. The highest BCUT2D eigenvalue weighted by atomic mass is 79.9. The quantitative estimate of drug-likeness (QED) is 0.820. The molecule has 1 aromatic carbocycles. The second-order valence-corrected chi connectivity index (χ2v) is 6.67. The lowest BCUT2D eigenvalue weighted by molar-refractivity contribution is 0.250. The van der Waals surface area contributed by atoms with Crippen LogP contribution in [-0.2, 0) is 0 Å². The van der Waals surface area contributed by atoms with Crippen molar-refractivity contribution in [3.05, 3.63) is 28.2 Å². The summed E-state index contributed by atoms with van der Waals surface area (Å²) in [5, 5.41) is 3.34. The minimum absolute atomic E-state index is 0.189. The highest BCUT2D eigenvalue weighted by molar-refractivity contribution is 9.10. The van der Waals surface area contributed by atoms with Gasteiger partial charge in [0.1, 0.15) is 11.6 Å². The Balaban J connectivity index is 1.95. The van der Waals surface area contributed by atoms with Gasteiger partial charge in [0, 0.05) is 24.2 Å². The highest BCUT2D eigenvalue weighted by Gasteiger charge is 2.39. The van der Waals surface area contributed by atoms with Crippen LogP contribution in [0.25, 0.3) is 0 Å². The van der Waals surface area contributed by atoms with Crippen molar-refractivity contribution in [3.8, 4) is 0 Å². The molecule has 1 N–H and O–H groups in total. The van der Waals surface area contributed by atoms with E-state index in [-0.39, 0.29) is 10.3 Å². The Morgan fingerprint density at radius 3 is 2.40 bits per heavy atom. The number of piperidine rings is 2. The normalized spacial score (nSPS) is 29.6. The monoisotopic (exact) mass is 344 g/mol. The maximum absolute atomic E-state index is 14.2. The van der Waals surface area contributed by atoms with Crippen LogP contribution in [-0.4, -0.2) is 25.2 Å². The minimum Gasteiger partial charge on any atom is -0.363 e. The van der Waals surface area contributed by atoms with E-state index in [1.807, 2.05) is 7.05 Å².